The number of amides is 1. The van der Waals surface area contributed by atoms with Crippen LogP contribution in [0.2, 0.25) is 0 Å². The molecular formula is C19H19N3O2. The lowest BCUT2D eigenvalue weighted by Gasteiger charge is -2.28. The number of methoxy groups -OCH3 is 1. The topological polar surface area (TPSA) is 66.2 Å². The Balaban J connectivity index is 1.81. The Morgan fingerprint density at radius 1 is 1.29 bits per heavy atom. The van der Waals surface area contributed by atoms with E-state index in [0.717, 1.165) is 18.4 Å². The van der Waals surface area contributed by atoms with Crippen molar-refractivity contribution in [3.63, 3.8) is 0 Å². The molecule has 1 aromatic heterocycles. The molecule has 0 bridgehead atoms. The molecule has 1 aliphatic rings. The van der Waals surface area contributed by atoms with E-state index < -0.39 is 0 Å². The van der Waals surface area contributed by atoms with E-state index in [4.69, 9.17) is 10.00 Å². The Morgan fingerprint density at radius 3 is 2.62 bits per heavy atom. The van der Waals surface area contributed by atoms with Gasteiger partial charge in [0, 0.05) is 31.6 Å². The number of aromatic nitrogens is 1. The van der Waals surface area contributed by atoms with Crippen LogP contribution in [0, 0.1) is 11.3 Å². The third kappa shape index (κ3) is 3.29. The lowest BCUT2D eigenvalue weighted by Crippen LogP contribution is -2.41. The van der Waals surface area contributed by atoms with Gasteiger partial charge in [-0.05, 0) is 54.8 Å². The molecular weight excluding hydrogens is 302 g/mol. The quantitative estimate of drug-likeness (QED) is 0.867. The van der Waals surface area contributed by atoms with Gasteiger partial charge in [0.15, 0.2) is 0 Å². The van der Waals surface area contributed by atoms with Crippen molar-refractivity contribution >= 4 is 5.91 Å². The number of nitrogens with zero attached hydrogens (tertiary/aromatic N) is 3. The minimum Gasteiger partial charge on any atom is -0.379 e. The molecule has 0 unspecified atom stereocenters. The van der Waals surface area contributed by atoms with Crippen molar-refractivity contribution in [2.24, 2.45) is 0 Å². The third-order valence-electron chi connectivity index (χ3n) is 4.50. The Hall–Kier alpha value is -2.71. The summed E-state index contributed by atoms with van der Waals surface area (Å²) in [6.07, 6.45) is 5.12. The number of hydrogen-bond donors (Lipinski definition) is 0. The molecule has 0 saturated carbocycles. The molecule has 2 aromatic rings. The minimum absolute atomic E-state index is 0.000503. The number of pyridine rings is 1. The molecule has 2 atom stereocenters. The smallest absolute Gasteiger partial charge is 0.254 e. The van der Waals surface area contributed by atoms with Crippen LogP contribution in [-0.2, 0) is 11.2 Å². The maximum absolute atomic E-state index is 12.9. The van der Waals surface area contributed by atoms with Crippen LogP contribution in [0.15, 0.2) is 48.8 Å². The molecule has 3 rings (SSSR count). The fraction of sp³-hybridized carbons (Fsp3) is 0.316. The number of likely N-dealkylation sites (tertiary alicyclic amines) is 1. The van der Waals surface area contributed by atoms with E-state index in [0.29, 0.717) is 17.7 Å². The number of hydrogen-bond acceptors (Lipinski definition) is 4. The van der Waals surface area contributed by atoms with Gasteiger partial charge in [-0.3, -0.25) is 9.78 Å². The van der Waals surface area contributed by atoms with Crippen LogP contribution in [0.25, 0.3) is 0 Å². The Labute approximate surface area is 141 Å². The summed E-state index contributed by atoms with van der Waals surface area (Å²) < 4.78 is 5.60. The number of carbonyl (C=O) groups is 1. The SMILES string of the molecule is CO[C@@H]1CCN(C(=O)c2ccc(C#N)cc2)[C@@H]1Cc1ccncc1. The molecule has 122 valence electrons. The van der Waals surface area contributed by atoms with Crippen molar-refractivity contribution in [3.05, 3.63) is 65.5 Å². The Morgan fingerprint density at radius 2 is 2.00 bits per heavy atom. The predicted molar refractivity (Wildman–Crippen MR) is 89.3 cm³/mol. The van der Waals surface area contributed by atoms with Crippen molar-refractivity contribution in [1.29, 1.82) is 5.26 Å². The number of ether oxygens (including phenoxy) is 1. The van der Waals surface area contributed by atoms with Crippen molar-refractivity contribution in [1.82, 2.24) is 9.88 Å². The number of carbonyl (C=O) groups excluding carboxylic acids is 1. The average molecular weight is 321 g/mol. The van der Waals surface area contributed by atoms with Gasteiger partial charge in [-0.15, -0.1) is 0 Å². The van der Waals surface area contributed by atoms with Crippen molar-refractivity contribution in [2.45, 2.75) is 25.0 Å². The van der Waals surface area contributed by atoms with E-state index in [2.05, 4.69) is 11.1 Å². The van der Waals surface area contributed by atoms with Gasteiger partial charge in [0.25, 0.3) is 5.91 Å². The van der Waals surface area contributed by atoms with E-state index in [1.165, 1.54) is 0 Å². The van der Waals surface area contributed by atoms with Gasteiger partial charge in [0.05, 0.1) is 23.8 Å². The zero-order valence-corrected chi connectivity index (χ0v) is 13.6. The maximum atomic E-state index is 12.9. The maximum Gasteiger partial charge on any atom is 0.254 e. The summed E-state index contributed by atoms with van der Waals surface area (Å²) in [5.74, 6) is -0.0157. The molecule has 1 fully saturated rings. The second-order valence-corrected chi connectivity index (χ2v) is 5.88. The predicted octanol–water partition coefficient (Wildman–Crippen LogP) is 2.43. The van der Waals surface area contributed by atoms with Crippen molar-refractivity contribution < 1.29 is 9.53 Å². The van der Waals surface area contributed by atoms with Gasteiger partial charge >= 0.3 is 0 Å². The molecule has 2 heterocycles. The van der Waals surface area contributed by atoms with Crippen LogP contribution >= 0.6 is 0 Å². The van der Waals surface area contributed by atoms with Gasteiger partial charge in [-0.25, -0.2) is 0 Å². The number of rotatable bonds is 4. The van der Waals surface area contributed by atoms with Gasteiger partial charge in [0.2, 0.25) is 0 Å². The molecule has 5 nitrogen and oxygen atoms in total. The zero-order valence-electron chi connectivity index (χ0n) is 13.6. The first-order valence-electron chi connectivity index (χ1n) is 7.95. The van der Waals surface area contributed by atoms with E-state index in [9.17, 15) is 4.79 Å². The normalized spacial score (nSPS) is 19.9. The van der Waals surface area contributed by atoms with Crippen LogP contribution in [0.1, 0.15) is 27.9 Å². The molecule has 0 aliphatic carbocycles. The highest BCUT2D eigenvalue weighted by molar-refractivity contribution is 5.94. The fourth-order valence-corrected chi connectivity index (χ4v) is 3.21. The van der Waals surface area contributed by atoms with E-state index in [1.807, 2.05) is 17.0 Å². The van der Waals surface area contributed by atoms with Crippen LogP contribution < -0.4 is 0 Å². The van der Waals surface area contributed by atoms with E-state index in [1.54, 1.807) is 43.8 Å². The van der Waals surface area contributed by atoms with Crippen LogP contribution in [-0.4, -0.2) is 41.6 Å². The third-order valence-corrected chi connectivity index (χ3v) is 4.50. The largest absolute Gasteiger partial charge is 0.379 e. The molecule has 1 aromatic carbocycles. The first kappa shape index (κ1) is 16.2. The number of nitriles is 1. The zero-order chi connectivity index (χ0) is 16.9. The van der Waals surface area contributed by atoms with Gasteiger partial charge in [0.1, 0.15) is 0 Å². The molecule has 5 heteroatoms. The van der Waals surface area contributed by atoms with Crippen LogP contribution in [0.4, 0.5) is 0 Å². The Bertz CT molecular complexity index is 737. The Kier molecular flexibility index (Phi) is 4.88. The highest BCUT2D eigenvalue weighted by Crippen LogP contribution is 2.26. The monoisotopic (exact) mass is 321 g/mol. The molecule has 0 N–H and O–H groups in total. The summed E-state index contributed by atoms with van der Waals surface area (Å²) in [7, 11) is 1.69. The van der Waals surface area contributed by atoms with Gasteiger partial charge < -0.3 is 9.64 Å². The summed E-state index contributed by atoms with van der Waals surface area (Å²) >= 11 is 0. The summed E-state index contributed by atoms with van der Waals surface area (Å²) in [4.78, 5) is 18.8. The standard InChI is InChI=1S/C19H19N3O2/c1-24-18-8-11-22(17(18)12-14-6-9-21-10-7-14)19(23)16-4-2-15(13-20)3-5-16/h2-7,9-10,17-18H,8,11-12H2,1H3/t17-,18-/m1/s1. The van der Waals surface area contributed by atoms with E-state index >= 15 is 0 Å². The van der Waals surface area contributed by atoms with Crippen molar-refractivity contribution in [3.8, 4) is 6.07 Å². The highest BCUT2D eigenvalue weighted by atomic mass is 16.5. The van der Waals surface area contributed by atoms with Crippen LogP contribution in [0.5, 0.6) is 0 Å². The summed E-state index contributed by atoms with van der Waals surface area (Å²) in [6.45, 7) is 0.674. The first-order chi connectivity index (χ1) is 11.7. The fourth-order valence-electron chi connectivity index (χ4n) is 3.21. The molecule has 1 saturated heterocycles. The number of benzene rings is 1. The first-order valence-corrected chi connectivity index (χ1v) is 7.95. The molecule has 0 radical (unpaired) electrons. The minimum atomic E-state index is -0.0157. The highest BCUT2D eigenvalue weighted by Gasteiger charge is 2.37. The molecule has 1 amide bonds. The molecule has 0 spiro atoms. The summed E-state index contributed by atoms with van der Waals surface area (Å²) in [5.41, 5.74) is 2.29. The van der Waals surface area contributed by atoms with Gasteiger partial charge in [-0.1, -0.05) is 0 Å². The summed E-state index contributed by atoms with van der Waals surface area (Å²) in [5, 5.41) is 8.88. The van der Waals surface area contributed by atoms with Gasteiger partial charge in [-0.2, -0.15) is 5.26 Å². The van der Waals surface area contributed by atoms with Crippen molar-refractivity contribution in [2.75, 3.05) is 13.7 Å². The second kappa shape index (κ2) is 7.24. The lowest BCUT2D eigenvalue weighted by molar-refractivity contribution is 0.0508. The van der Waals surface area contributed by atoms with E-state index in [-0.39, 0.29) is 18.1 Å². The summed E-state index contributed by atoms with van der Waals surface area (Å²) in [6, 6.07) is 12.8. The lowest BCUT2D eigenvalue weighted by atomic mass is 10.0. The average Bonchev–Trinajstić information content (AvgIpc) is 3.04. The molecule has 1 aliphatic heterocycles. The second-order valence-electron chi connectivity index (χ2n) is 5.88. The van der Waals surface area contributed by atoms with Crippen LogP contribution in [0.3, 0.4) is 0 Å². The molecule has 24 heavy (non-hydrogen) atoms.